The van der Waals surface area contributed by atoms with Crippen LogP contribution in [0.3, 0.4) is 0 Å². The number of rotatable bonds is 5. The zero-order valence-corrected chi connectivity index (χ0v) is 12.5. The fraction of sp³-hybridized carbons (Fsp3) is 0.235. The summed E-state index contributed by atoms with van der Waals surface area (Å²) in [6.07, 6.45) is 1.65. The van der Waals surface area contributed by atoms with Crippen molar-refractivity contribution in [1.82, 2.24) is 4.90 Å². The Hall–Kier alpha value is -2.53. The van der Waals surface area contributed by atoms with Crippen LogP contribution in [0.5, 0.6) is 5.75 Å². The van der Waals surface area contributed by atoms with Crippen molar-refractivity contribution in [3.05, 3.63) is 64.4 Å². The predicted octanol–water partition coefficient (Wildman–Crippen LogP) is 3.03. The number of benzene rings is 1. The van der Waals surface area contributed by atoms with Crippen LogP contribution in [0.15, 0.2) is 56.3 Å². The van der Waals surface area contributed by atoms with E-state index in [1.54, 1.807) is 25.5 Å². The molecule has 1 aromatic carbocycles. The molecule has 0 aliphatic heterocycles. The van der Waals surface area contributed by atoms with Crippen LogP contribution in [0.2, 0.25) is 0 Å². The van der Waals surface area contributed by atoms with Crippen molar-refractivity contribution in [2.45, 2.75) is 13.1 Å². The fourth-order valence-electron chi connectivity index (χ4n) is 2.48. The van der Waals surface area contributed by atoms with Crippen molar-refractivity contribution in [2.24, 2.45) is 0 Å². The van der Waals surface area contributed by atoms with Gasteiger partial charge < -0.3 is 13.6 Å². The van der Waals surface area contributed by atoms with Gasteiger partial charge in [0.25, 0.3) is 0 Å². The minimum atomic E-state index is -0.348. The quantitative estimate of drug-likeness (QED) is 0.678. The van der Waals surface area contributed by atoms with Gasteiger partial charge in [-0.25, -0.2) is 4.79 Å². The summed E-state index contributed by atoms with van der Waals surface area (Å²) in [7, 11) is 3.59. The maximum Gasteiger partial charge on any atom is 0.336 e. The summed E-state index contributed by atoms with van der Waals surface area (Å²) < 4.78 is 15.8. The van der Waals surface area contributed by atoms with E-state index in [2.05, 4.69) is 4.90 Å². The van der Waals surface area contributed by atoms with Crippen LogP contribution in [0, 0.1) is 0 Å². The summed E-state index contributed by atoms with van der Waals surface area (Å²) in [6, 6.07) is 10.7. The van der Waals surface area contributed by atoms with Gasteiger partial charge in [0.1, 0.15) is 17.1 Å². The van der Waals surface area contributed by atoms with Gasteiger partial charge in [0.05, 0.1) is 19.9 Å². The van der Waals surface area contributed by atoms with Gasteiger partial charge in [0.2, 0.25) is 0 Å². The maximum atomic E-state index is 11.7. The van der Waals surface area contributed by atoms with Crippen LogP contribution in [-0.2, 0) is 13.1 Å². The molecule has 0 atom stereocenters. The minimum absolute atomic E-state index is 0.348. The molecule has 0 fully saturated rings. The van der Waals surface area contributed by atoms with Crippen LogP contribution in [0.25, 0.3) is 11.0 Å². The molecule has 0 aliphatic rings. The Labute approximate surface area is 127 Å². The lowest BCUT2D eigenvalue weighted by Crippen LogP contribution is -2.18. The average Bonchev–Trinajstić information content (AvgIpc) is 2.99. The van der Waals surface area contributed by atoms with Crippen LogP contribution < -0.4 is 10.4 Å². The van der Waals surface area contributed by atoms with Crippen LogP contribution in [0.4, 0.5) is 0 Å². The summed E-state index contributed by atoms with van der Waals surface area (Å²) in [6.45, 7) is 1.27. The van der Waals surface area contributed by atoms with Crippen LogP contribution in [-0.4, -0.2) is 19.1 Å². The van der Waals surface area contributed by atoms with Crippen molar-refractivity contribution in [3.63, 3.8) is 0 Å². The fourth-order valence-corrected chi connectivity index (χ4v) is 2.48. The van der Waals surface area contributed by atoms with Crippen LogP contribution in [0.1, 0.15) is 11.3 Å². The predicted molar refractivity (Wildman–Crippen MR) is 82.9 cm³/mol. The van der Waals surface area contributed by atoms with E-state index in [-0.39, 0.29) is 5.63 Å². The maximum absolute atomic E-state index is 11.7. The second-order valence-electron chi connectivity index (χ2n) is 5.20. The Morgan fingerprint density at radius 1 is 1.18 bits per heavy atom. The van der Waals surface area contributed by atoms with E-state index < -0.39 is 0 Å². The van der Waals surface area contributed by atoms with E-state index in [9.17, 15) is 4.79 Å². The molecule has 0 saturated carbocycles. The number of methoxy groups -OCH3 is 1. The molecule has 0 unspecified atom stereocenters. The van der Waals surface area contributed by atoms with Gasteiger partial charge in [-0.1, -0.05) is 0 Å². The third-order valence-corrected chi connectivity index (χ3v) is 3.48. The molecule has 114 valence electrons. The van der Waals surface area contributed by atoms with Gasteiger partial charge >= 0.3 is 5.63 Å². The first-order valence-corrected chi connectivity index (χ1v) is 6.97. The van der Waals surface area contributed by atoms with E-state index in [0.717, 1.165) is 22.5 Å². The SMILES string of the molecule is COc1ccc2oc(=O)cc(CN(C)Cc3ccco3)c2c1. The van der Waals surface area contributed by atoms with Gasteiger partial charge in [-0.05, 0) is 42.9 Å². The summed E-state index contributed by atoms with van der Waals surface area (Å²) in [5, 5.41) is 0.880. The Morgan fingerprint density at radius 3 is 2.77 bits per heavy atom. The number of hydrogen-bond acceptors (Lipinski definition) is 5. The Balaban J connectivity index is 1.93. The highest BCUT2D eigenvalue weighted by Crippen LogP contribution is 2.23. The van der Waals surface area contributed by atoms with Crippen molar-refractivity contribution in [1.29, 1.82) is 0 Å². The molecule has 3 rings (SSSR count). The van der Waals surface area contributed by atoms with E-state index >= 15 is 0 Å². The summed E-state index contributed by atoms with van der Waals surface area (Å²) in [5.74, 6) is 1.61. The monoisotopic (exact) mass is 299 g/mol. The Kier molecular flexibility index (Phi) is 3.98. The van der Waals surface area contributed by atoms with E-state index in [4.69, 9.17) is 13.6 Å². The van der Waals surface area contributed by atoms with Gasteiger partial charge in [-0.2, -0.15) is 0 Å². The van der Waals surface area contributed by atoms with Crippen molar-refractivity contribution >= 4 is 11.0 Å². The smallest absolute Gasteiger partial charge is 0.336 e. The standard InChI is InChI=1S/C17H17NO4/c1-18(11-14-4-3-7-21-14)10-12-8-17(19)22-16-6-5-13(20-2)9-15(12)16/h3-9H,10-11H2,1-2H3. The molecule has 0 aliphatic carbocycles. The highest BCUT2D eigenvalue weighted by molar-refractivity contribution is 5.81. The molecular formula is C17H17NO4. The third-order valence-electron chi connectivity index (χ3n) is 3.48. The minimum Gasteiger partial charge on any atom is -0.497 e. The van der Waals surface area contributed by atoms with E-state index in [1.165, 1.54) is 6.07 Å². The molecule has 0 N–H and O–H groups in total. The number of fused-ring (bicyclic) bond motifs is 1. The molecule has 0 radical (unpaired) electrons. The normalized spacial score (nSPS) is 11.2. The molecule has 3 aromatic rings. The summed E-state index contributed by atoms with van der Waals surface area (Å²) in [4.78, 5) is 13.8. The molecule has 0 amide bonds. The Morgan fingerprint density at radius 2 is 2.05 bits per heavy atom. The third kappa shape index (κ3) is 3.04. The van der Waals surface area contributed by atoms with Gasteiger partial charge in [-0.3, -0.25) is 4.90 Å². The number of furan rings is 1. The first kappa shape index (κ1) is 14.4. The molecule has 2 aromatic heterocycles. The largest absolute Gasteiger partial charge is 0.497 e. The number of ether oxygens (including phenoxy) is 1. The highest BCUT2D eigenvalue weighted by Gasteiger charge is 2.10. The highest BCUT2D eigenvalue weighted by atomic mass is 16.5. The molecular weight excluding hydrogens is 282 g/mol. The second-order valence-corrected chi connectivity index (χ2v) is 5.20. The van der Waals surface area contributed by atoms with Crippen molar-refractivity contribution in [2.75, 3.05) is 14.2 Å². The molecule has 0 saturated heterocycles. The molecule has 5 heteroatoms. The van der Waals surface area contributed by atoms with Gasteiger partial charge in [-0.15, -0.1) is 0 Å². The van der Waals surface area contributed by atoms with Gasteiger partial charge in [0, 0.05) is 18.0 Å². The van der Waals surface area contributed by atoms with Crippen molar-refractivity contribution in [3.8, 4) is 5.75 Å². The van der Waals surface area contributed by atoms with Gasteiger partial charge in [0.15, 0.2) is 0 Å². The molecule has 0 spiro atoms. The first-order valence-electron chi connectivity index (χ1n) is 6.97. The number of hydrogen-bond donors (Lipinski definition) is 0. The lowest BCUT2D eigenvalue weighted by molar-refractivity contribution is 0.288. The Bertz CT molecular complexity index is 820. The number of nitrogens with zero attached hydrogens (tertiary/aromatic N) is 1. The topological polar surface area (TPSA) is 55.8 Å². The molecule has 5 nitrogen and oxygen atoms in total. The lowest BCUT2D eigenvalue weighted by Gasteiger charge is -2.16. The lowest BCUT2D eigenvalue weighted by atomic mass is 10.1. The van der Waals surface area contributed by atoms with Crippen molar-refractivity contribution < 1.29 is 13.6 Å². The second kappa shape index (κ2) is 6.07. The van der Waals surface area contributed by atoms with Crippen LogP contribution >= 0.6 is 0 Å². The zero-order valence-electron chi connectivity index (χ0n) is 12.5. The molecule has 0 bridgehead atoms. The van der Waals surface area contributed by atoms with E-state index in [0.29, 0.717) is 18.7 Å². The average molecular weight is 299 g/mol. The summed E-state index contributed by atoms with van der Waals surface area (Å²) >= 11 is 0. The molecule has 22 heavy (non-hydrogen) atoms. The first-order chi connectivity index (χ1) is 10.7. The zero-order chi connectivity index (χ0) is 15.5. The molecule has 2 heterocycles. The summed E-state index contributed by atoms with van der Waals surface area (Å²) in [5.41, 5.74) is 1.12. The van der Waals surface area contributed by atoms with E-state index in [1.807, 2.05) is 25.2 Å².